The minimum absolute atomic E-state index is 0.0958. The second-order valence-corrected chi connectivity index (χ2v) is 9.96. The molecule has 1 aliphatic rings. The number of sulfonamides is 1. The first-order valence-corrected chi connectivity index (χ1v) is 11.1. The van der Waals surface area contributed by atoms with Gasteiger partial charge in [0, 0.05) is 5.69 Å². The molecule has 0 saturated heterocycles. The fraction of sp³-hybridized carbons (Fsp3) is 0.381. The minimum Gasteiger partial charge on any atom is -0.497 e. The summed E-state index contributed by atoms with van der Waals surface area (Å²) in [6.07, 6.45) is 0.157. The van der Waals surface area contributed by atoms with E-state index in [4.69, 9.17) is 9.47 Å². The highest BCUT2D eigenvalue weighted by Gasteiger charge is 2.35. The number of anilines is 2. The maximum Gasteiger partial charge on any atom is 0.267 e. The Balaban J connectivity index is 1.89. The molecule has 29 heavy (non-hydrogen) atoms. The number of rotatable bonds is 4. The molecular weight excluding hydrogens is 392 g/mol. The number of fused-ring (bicyclic) bond motifs is 1. The maximum absolute atomic E-state index is 12.7. The summed E-state index contributed by atoms with van der Waals surface area (Å²) >= 11 is 0. The molecule has 0 radical (unpaired) electrons. The zero-order valence-electron chi connectivity index (χ0n) is 17.2. The number of ether oxygens (including phenoxy) is 2. The number of hydrogen-bond acceptors (Lipinski definition) is 5. The highest BCUT2D eigenvalue weighted by molar-refractivity contribution is 7.92. The number of amides is 1. The molecule has 3 rings (SSSR count). The van der Waals surface area contributed by atoms with E-state index in [1.165, 1.54) is 4.31 Å². The molecular formula is C21H26N2O5S. The van der Waals surface area contributed by atoms with Crippen LogP contribution in [-0.2, 0) is 20.2 Å². The Morgan fingerprint density at radius 2 is 1.83 bits per heavy atom. The maximum atomic E-state index is 12.7. The largest absolute Gasteiger partial charge is 0.497 e. The molecule has 1 heterocycles. The third-order valence-electron chi connectivity index (χ3n) is 4.74. The average Bonchev–Trinajstić information content (AvgIpc) is 2.65. The number of hydrogen-bond donors (Lipinski definition) is 1. The van der Waals surface area contributed by atoms with Crippen LogP contribution in [0.1, 0.15) is 26.3 Å². The van der Waals surface area contributed by atoms with Gasteiger partial charge in [-0.25, -0.2) is 8.42 Å². The second kappa shape index (κ2) is 7.59. The highest BCUT2D eigenvalue weighted by atomic mass is 32.2. The van der Waals surface area contributed by atoms with Crippen molar-refractivity contribution in [3.63, 3.8) is 0 Å². The first-order valence-electron chi connectivity index (χ1n) is 9.23. The third kappa shape index (κ3) is 4.64. The SMILES string of the molecule is COc1ccc(NC(=O)C2CN(S(C)(=O)=O)c3cc(C(C)(C)C)ccc3O2)cc1. The molecule has 2 aromatic carbocycles. The molecule has 0 bridgehead atoms. The summed E-state index contributed by atoms with van der Waals surface area (Å²) in [6, 6.07) is 12.3. The molecule has 1 amide bonds. The number of methoxy groups -OCH3 is 1. The van der Waals surface area contributed by atoms with Gasteiger partial charge in [0.15, 0.2) is 6.10 Å². The van der Waals surface area contributed by atoms with E-state index in [0.29, 0.717) is 22.9 Å². The van der Waals surface area contributed by atoms with Crippen LogP contribution in [0.2, 0.25) is 0 Å². The zero-order chi connectivity index (χ0) is 21.4. The lowest BCUT2D eigenvalue weighted by Crippen LogP contribution is -2.48. The first kappa shape index (κ1) is 21.0. The quantitative estimate of drug-likeness (QED) is 0.824. The molecule has 7 nitrogen and oxygen atoms in total. The van der Waals surface area contributed by atoms with Crippen LogP contribution in [-0.4, -0.2) is 40.3 Å². The highest BCUT2D eigenvalue weighted by Crippen LogP contribution is 2.38. The Bertz CT molecular complexity index is 1010. The van der Waals surface area contributed by atoms with Gasteiger partial charge in [-0.05, 0) is 47.4 Å². The topological polar surface area (TPSA) is 84.9 Å². The van der Waals surface area contributed by atoms with E-state index in [0.717, 1.165) is 11.8 Å². The van der Waals surface area contributed by atoms with Crippen molar-refractivity contribution in [3.8, 4) is 11.5 Å². The van der Waals surface area contributed by atoms with Crippen molar-refractivity contribution in [1.82, 2.24) is 0 Å². The summed E-state index contributed by atoms with van der Waals surface area (Å²) in [4.78, 5) is 12.7. The molecule has 0 aromatic heterocycles. The van der Waals surface area contributed by atoms with Gasteiger partial charge in [0.25, 0.3) is 5.91 Å². The minimum atomic E-state index is -3.59. The Kier molecular flexibility index (Phi) is 5.49. The standard InChI is InChI=1S/C21H26N2O5S/c1-21(2,3)14-6-11-18-17(12-14)23(29(5,25)26)13-19(28-18)20(24)22-15-7-9-16(27-4)10-8-15/h6-12,19H,13H2,1-5H3,(H,22,24). The van der Waals surface area contributed by atoms with Crippen LogP contribution in [0.4, 0.5) is 11.4 Å². The number of carbonyl (C=O) groups is 1. The van der Waals surface area contributed by atoms with E-state index in [1.54, 1.807) is 37.4 Å². The zero-order valence-corrected chi connectivity index (χ0v) is 18.0. The normalized spacial score (nSPS) is 16.6. The molecule has 1 unspecified atom stereocenters. The fourth-order valence-electron chi connectivity index (χ4n) is 3.07. The Hall–Kier alpha value is -2.74. The van der Waals surface area contributed by atoms with E-state index in [2.05, 4.69) is 5.32 Å². The van der Waals surface area contributed by atoms with Gasteiger partial charge < -0.3 is 14.8 Å². The Morgan fingerprint density at radius 3 is 2.38 bits per heavy atom. The summed E-state index contributed by atoms with van der Waals surface area (Å²) in [5, 5.41) is 2.76. The molecule has 0 aliphatic carbocycles. The van der Waals surface area contributed by atoms with E-state index >= 15 is 0 Å². The number of nitrogens with one attached hydrogen (secondary N) is 1. The van der Waals surface area contributed by atoms with Gasteiger partial charge in [0.05, 0.1) is 25.6 Å². The van der Waals surface area contributed by atoms with Crippen LogP contribution in [0.15, 0.2) is 42.5 Å². The van der Waals surface area contributed by atoms with Gasteiger partial charge in [-0.1, -0.05) is 26.8 Å². The van der Waals surface area contributed by atoms with Gasteiger partial charge in [-0.15, -0.1) is 0 Å². The summed E-state index contributed by atoms with van der Waals surface area (Å²) in [6.45, 7) is 6.05. The first-order chi connectivity index (χ1) is 13.5. The van der Waals surface area contributed by atoms with Crippen LogP contribution in [0.25, 0.3) is 0 Å². The summed E-state index contributed by atoms with van der Waals surface area (Å²) in [7, 11) is -2.03. The Labute approximate surface area is 171 Å². The van der Waals surface area contributed by atoms with E-state index < -0.39 is 22.0 Å². The monoisotopic (exact) mass is 418 g/mol. The van der Waals surface area contributed by atoms with Crippen LogP contribution < -0.4 is 19.1 Å². The van der Waals surface area contributed by atoms with Gasteiger partial charge in [0.1, 0.15) is 11.5 Å². The third-order valence-corrected chi connectivity index (χ3v) is 5.89. The van der Waals surface area contributed by atoms with Crippen LogP contribution >= 0.6 is 0 Å². The van der Waals surface area contributed by atoms with E-state index in [-0.39, 0.29) is 12.0 Å². The lowest BCUT2D eigenvalue weighted by atomic mass is 9.86. The lowest BCUT2D eigenvalue weighted by Gasteiger charge is -2.35. The number of nitrogens with zero attached hydrogens (tertiary/aromatic N) is 1. The molecule has 8 heteroatoms. The van der Waals surface area contributed by atoms with Crippen molar-refractivity contribution in [3.05, 3.63) is 48.0 Å². The van der Waals surface area contributed by atoms with Gasteiger partial charge in [-0.3, -0.25) is 9.10 Å². The van der Waals surface area contributed by atoms with Crippen LogP contribution in [0, 0.1) is 0 Å². The van der Waals surface area contributed by atoms with Crippen LogP contribution in [0.3, 0.4) is 0 Å². The molecule has 2 aromatic rings. The number of benzene rings is 2. The summed E-state index contributed by atoms with van der Waals surface area (Å²) < 4.78 is 37.1. The van der Waals surface area contributed by atoms with E-state index in [9.17, 15) is 13.2 Å². The van der Waals surface area contributed by atoms with Crippen molar-refractivity contribution in [1.29, 1.82) is 0 Å². The Morgan fingerprint density at radius 1 is 1.17 bits per heavy atom. The van der Waals surface area contributed by atoms with Gasteiger partial charge in [0.2, 0.25) is 10.0 Å². The van der Waals surface area contributed by atoms with Crippen molar-refractivity contribution in [2.24, 2.45) is 0 Å². The average molecular weight is 419 g/mol. The second-order valence-electron chi connectivity index (χ2n) is 8.05. The van der Waals surface area contributed by atoms with Crippen molar-refractivity contribution >= 4 is 27.3 Å². The van der Waals surface area contributed by atoms with Gasteiger partial charge >= 0.3 is 0 Å². The molecule has 0 saturated carbocycles. The van der Waals surface area contributed by atoms with Crippen molar-refractivity contribution < 1.29 is 22.7 Å². The predicted octanol–water partition coefficient (Wildman–Crippen LogP) is 3.16. The van der Waals surface area contributed by atoms with Crippen molar-refractivity contribution in [2.45, 2.75) is 32.3 Å². The molecule has 1 atom stereocenters. The lowest BCUT2D eigenvalue weighted by molar-refractivity contribution is -0.122. The van der Waals surface area contributed by atoms with Crippen LogP contribution in [0.5, 0.6) is 11.5 Å². The molecule has 1 aliphatic heterocycles. The predicted molar refractivity (Wildman–Crippen MR) is 113 cm³/mol. The molecule has 0 spiro atoms. The summed E-state index contributed by atoms with van der Waals surface area (Å²) in [5.41, 5.74) is 1.85. The van der Waals surface area contributed by atoms with Gasteiger partial charge in [-0.2, -0.15) is 0 Å². The fourth-order valence-corrected chi connectivity index (χ4v) is 3.97. The molecule has 1 N–H and O–H groups in total. The molecule has 156 valence electrons. The molecule has 0 fully saturated rings. The van der Waals surface area contributed by atoms with Crippen molar-refractivity contribution in [2.75, 3.05) is 29.5 Å². The smallest absolute Gasteiger partial charge is 0.267 e. The summed E-state index contributed by atoms with van der Waals surface area (Å²) in [5.74, 6) is 0.614. The van der Waals surface area contributed by atoms with E-state index in [1.807, 2.05) is 32.9 Å². The number of carbonyl (C=O) groups excluding carboxylic acids is 1.